The highest BCUT2D eigenvalue weighted by atomic mass is 19.1. The minimum Gasteiger partial charge on any atom is -0.480 e. The van der Waals surface area contributed by atoms with Crippen molar-refractivity contribution in [3.05, 3.63) is 66.0 Å². The zero-order chi connectivity index (χ0) is 16.8. The third-order valence-electron chi connectivity index (χ3n) is 3.56. The number of amides is 1. The molecule has 0 radical (unpaired) electrons. The molecule has 2 aromatic carbocycles. The quantitative estimate of drug-likeness (QED) is 0.890. The van der Waals surface area contributed by atoms with Gasteiger partial charge in [-0.05, 0) is 36.2 Å². The third-order valence-corrected chi connectivity index (χ3v) is 3.56. The molecule has 2 aromatic rings. The minimum atomic E-state index is -1.05. The third kappa shape index (κ3) is 4.16. The summed E-state index contributed by atoms with van der Waals surface area (Å²) in [4.78, 5) is 25.5. The van der Waals surface area contributed by atoms with E-state index in [1.165, 1.54) is 29.2 Å². The number of aliphatic carboxylic acids is 1. The topological polar surface area (TPSA) is 57.6 Å². The van der Waals surface area contributed by atoms with E-state index in [0.29, 0.717) is 17.7 Å². The van der Waals surface area contributed by atoms with Crippen molar-refractivity contribution in [2.45, 2.75) is 25.8 Å². The Morgan fingerprint density at radius 1 is 1.09 bits per heavy atom. The van der Waals surface area contributed by atoms with Crippen molar-refractivity contribution in [2.75, 3.05) is 4.90 Å². The number of anilines is 1. The van der Waals surface area contributed by atoms with Crippen molar-refractivity contribution in [3.63, 3.8) is 0 Å². The number of hydrogen-bond donors (Lipinski definition) is 1. The van der Waals surface area contributed by atoms with Gasteiger partial charge in [-0.2, -0.15) is 0 Å². The van der Waals surface area contributed by atoms with E-state index in [2.05, 4.69) is 0 Å². The number of carbonyl (C=O) groups is 2. The second-order valence-electron chi connectivity index (χ2n) is 5.16. The Kier molecular flexibility index (Phi) is 5.46. The molecule has 0 aliphatic carbocycles. The largest absolute Gasteiger partial charge is 0.480 e. The van der Waals surface area contributed by atoms with Gasteiger partial charge in [0, 0.05) is 5.69 Å². The molecule has 1 N–H and O–H groups in total. The molecular weight excluding hydrogens is 297 g/mol. The summed E-state index contributed by atoms with van der Waals surface area (Å²) in [7, 11) is 0. The zero-order valence-electron chi connectivity index (χ0n) is 12.8. The number of para-hydroxylation sites is 1. The minimum absolute atomic E-state index is 0.0129. The number of halogens is 1. The number of rotatable bonds is 6. The van der Waals surface area contributed by atoms with Crippen LogP contribution >= 0.6 is 0 Å². The van der Waals surface area contributed by atoms with Gasteiger partial charge in [0.1, 0.15) is 11.9 Å². The Balaban J connectivity index is 2.31. The van der Waals surface area contributed by atoms with Crippen molar-refractivity contribution in [1.29, 1.82) is 0 Å². The molecule has 1 unspecified atom stereocenters. The van der Waals surface area contributed by atoms with E-state index in [-0.39, 0.29) is 18.1 Å². The molecule has 1 atom stereocenters. The number of carbonyl (C=O) groups excluding carboxylic acids is 1. The van der Waals surface area contributed by atoms with Gasteiger partial charge in [-0.1, -0.05) is 37.3 Å². The van der Waals surface area contributed by atoms with Crippen LogP contribution in [-0.2, 0) is 16.0 Å². The molecule has 2 rings (SSSR count). The first kappa shape index (κ1) is 16.7. The molecule has 0 aliphatic heterocycles. The molecule has 0 heterocycles. The van der Waals surface area contributed by atoms with Crippen molar-refractivity contribution in [1.82, 2.24) is 0 Å². The first-order chi connectivity index (χ1) is 11.0. The highest BCUT2D eigenvalue weighted by Gasteiger charge is 2.29. The second kappa shape index (κ2) is 7.54. The van der Waals surface area contributed by atoms with Crippen LogP contribution in [-0.4, -0.2) is 23.0 Å². The van der Waals surface area contributed by atoms with Gasteiger partial charge in [0.25, 0.3) is 0 Å². The molecule has 23 heavy (non-hydrogen) atoms. The van der Waals surface area contributed by atoms with Crippen LogP contribution in [0.1, 0.15) is 18.9 Å². The average molecular weight is 315 g/mol. The number of benzene rings is 2. The number of carboxylic acid groups (broad SMARTS) is 1. The normalized spacial score (nSPS) is 11.7. The van der Waals surface area contributed by atoms with Gasteiger partial charge in [0.15, 0.2) is 0 Å². The lowest BCUT2D eigenvalue weighted by Crippen LogP contribution is -2.45. The van der Waals surface area contributed by atoms with Crippen molar-refractivity contribution >= 4 is 17.6 Å². The lowest BCUT2D eigenvalue weighted by molar-refractivity contribution is -0.140. The maximum absolute atomic E-state index is 13.0. The van der Waals surface area contributed by atoms with Crippen LogP contribution < -0.4 is 4.90 Å². The second-order valence-corrected chi connectivity index (χ2v) is 5.16. The fourth-order valence-corrected chi connectivity index (χ4v) is 2.42. The van der Waals surface area contributed by atoms with Crippen LogP contribution in [0.3, 0.4) is 0 Å². The molecule has 0 aliphatic rings. The van der Waals surface area contributed by atoms with Crippen LogP contribution in [0.2, 0.25) is 0 Å². The molecule has 0 fully saturated rings. The zero-order valence-corrected chi connectivity index (χ0v) is 12.8. The van der Waals surface area contributed by atoms with Gasteiger partial charge >= 0.3 is 5.97 Å². The Labute approximate surface area is 134 Å². The SMILES string of the molecule is CCC(C(=O)O)N(C(=O)Cc1ccc(F)cc1)c1ccccc1. The number of hydrogen-bond acceptors (Lipinski definition) is 2. The number of nitrogens with zero attached hydrogens (tertiary/aromatic N) is 1. The Bertz CT molecular complexity index is 670. The van der Waals surface area contributed by atoms with E-state index in [4.69, 9.17) is 0 Å². The first-order valence-corrected chi connectivity index (χ1v) is 7.37. The standard InChI is InChI=1S/C18H18FNO3/c1-2-16(18(22)23)20(15-6-4-3-5-7-15)17(21)12-13-8-10-14(19)11-9-13/h3-11,16H,2,12H2,1H3,(H,22,23). The van der Waals surface area contributed by atoms with E-state index in [0.717, 1.165) is 0 Å². The predicted octanol–water partition coefficient (Wildman–Crippen LogP) is 3.26. The summed E-state index contributed by atoms with van der Waals surface area (Å²) in [5.41, 5.74) is 1.17. The Hall–Kier alpha value is -2.69. The van der Waals surface area contributed by atoms with E-state index in [9.17, 15) is 19.1 Å². The highest BCUT2D eigenvalue weighted by molar-refractivity contribution is 6.00. The van der Waals surface area contributed by atoms with Crippen molar-refractivity contribution < 1.29 is 19.1 Å². The molecule has 0 spiro atoms. The van der Waals surface area contributed by atoms with Gasteiger partial charge < -0.3 is 5.11 Å². The molecule has 0 bridgehead atoms. The van der Waals surface area contributed by atoms with E-state index >= 15 is 0 Å². The van der Waals surface area contributed by atoms with E-state index in [1.54, 1.807) is 37.3 Å². The Morgan fingerprint density at radius 3 is 2.22 bits per heavy atom. The van der Waals surface area contributed by atoms with Crippen LogP contribution in [0.4, 0.5) is 10.1 Å². The molecule has 1 amide bonds. The summed E-state index contributed by atoms with van der Waals surface area (Å²) in [6.07, 6.45) is 0.304. The molecule has 0 aromatic heterocycles. The molecule has 5 heteroatoms. The monoisotopic (exact) mass is 315 g/mol. The molecule has 120 valence electrons. The van der Waals surface area contributed by atoms with Gasteiger partial charge in [-0.3, -0.25) is 9.69 Å². The maximum atomic E-state index is 13.0. The molecular formula is C18H18FNO3. The fraction of sp³-hybridized carbons (Fsp3) is 0.222. The fourth-order valence-electron chi connectivity index (χ4n) is 2.42. The smallest absolute Gasteiger partial charge is 0.326 e. The Morgan fingerprint density at radius 2 is 1.70 bits per heavy atom. The predicted molar refractivity (Wildman–Crippen MR) is 85.7 cm³/mol. The lowest BCUT2D eigenvalue weighted by Gasteiger charge is -2.28. The molecule has 0 saturated heterocycles. The van der Waals surface area contributed by atoms with Gasteiger partial charge in [0.2, 0.25) is 5.91 Å². The summed E-state index contributed by atoms with van der Waals surface area (Å²) < 4.78 is 13.0. The average Bonchev–Trinajstić information content (AvgIpc) is 2.55. The van der Waals surface area contributed by atoms with Crippen molar-refractivity contribution in [2.24, 2.45) is 0 Å². The van der Waals surface area contributed by atoms with E-state index in [1.807, 2.05) is 0 Å². The molecule has 4 nitrogen and oxygen atoms in total. The van der Waals surface area contributed by atoms with Gasteiger partial charge in [0.05, 0.1) is 6.42 Å². The highest BCUT2D eigenvalue weighted by Crippen LogP contribution is 2.20. The lowest BCUT2D eigenvalue weighted by atomic mass is 10.1. The van der Waals surface area contributed by atoms with Crippen LogP contribution in [0.5, 0.6) is 0 Å². The van der Waals surface area contributed by atoms with Crippen LogP contribution in [0.15, 0.2) is 54.6 Å². The summed E-state index contributed by atoms with van der Waals surface area (Å²) in [5.74, 6) is -1.76. The first-order valence-electron chi connectivity index (χ1n) is 7.37. The summed E-state index contributed by atoms with van der Waals surface area (Å²) >= 11 is 0. The maximum Gasteiger partial charge on any atom is 0.326 e. The van der Waals surface area contributed by atoms with Crippen LogP contribution in [0, 0.1) is 5.82 Å². The van der Waals surface area contributed by atoms with Gasteiger partial charge in [-0.25, -0.2) is 9.18 Å². The van der Waals surface area contributed by atoms with Crippen molar-refractivity contribution in [3.8, 4) is 0 Å². The summed E-state index contributed by atoms with van der Waals surface area (Å²) in [6, 6.07) is 13.4. The number of carboxylic acids is 1. The summed E-state index contributed by atoms with van der Waals surface area (Å²) in [6.45, 7) is 1.72. The summed E-state index contributed by atoms with van der Waals surface area (Å²) in [5, 5.41) is 9.41. The molecule has 0 saturated carbocycles. The van der Waals surface area contributed by atoms with E-state index < -0.39 is 12.0 Å². The van der Waals surface area contributed by atoms with Crippen LogP contribution in [0.25, 0.3) is 0 Å². The van der Waals surface area contributed by atoms with Gasteiger partial charge in [-0.15, -0.1) is 0 Å².